The highest BCUT2D eigenvalue weighted by molar-refractivity contribution is 5.85. The molecule has 1 heterocycles. The van der Waals surface area contributed by atoms with Gasteiger partial charge in [-0.3, -0.25) is 9.69 Å². The van der Waals surface area contributed by atoms with Gasteiger partial charge in [-0.1, -0.05) is 12.5 Å². The number of halogens is 2. The number of likely N-dealkylation sites (tertiary alicyclic amines) is 1. The molecule has 2 fully saturated rings. The number of hydrogen-bond donors (Lipinski definition) is 2. The first-order chi connectivity index (χ1) is 9.19. The molecule has 0 aromatic carbocycles. The normalized spacial score (nSPS) is 26.5. The van der Waals surface area contributed by atoms with E-state index in [9.17, 15) is 4.79 Å². The molecule has 2 rings (SSSR count). The third-order valence-corrected chi connectivity index (χ3v) is 4.51. The standard InChI is InChI=1S/C15H27N3O.2ClH/c1-2-8-18-9-6-13(7-10-18)17-15(19)11-12-4-3-5-14(12)16;;/h2,12-14H,1,3-11,16H2,(H,17,19);2*1H/t12-,14+;;/m0../s1. The Morgan fingerprint density at radius 2 is 1.90 bits per heavy atom. The molecule has 1 saturated carbocycles. The van der Waals surface area contributed by atoms with E-state index in [0.29, 0.717) is 18.4 Å². The topological polar surface area (TPSA) is 58.4 Å². The molecule has 0 aromatic heterocycles. The van der Waals surface area contributed by atoms with Crippen molar-refractivity contribution >= 4 is 30.7 Å². The number of nitrogens with one attached hydrogen (secondary N) is 1. The number of nitrogens with zero attached hydrogens (tertiary/aromatic N) is 1. The van der Waals surface area contributed by atoms with Gasteiger partial charge < -0.3 is 11.1 Å². The van der Waals surface area contributed by atoms with Gasteiger partial charge in [0.15, 0.2) is 0 Å². The summed E-state index contributed by atoms with van der Waals surface area (Å²) < 4.78 is 0. The lowest BCUT2D eigenvalue weighted by atomic mass is 9.98. The number of carbonyl (C=O) groups excluding carboxylic acids is 1. The zero-order valence-electron chi connectivity index (χ0n) is 12.6. The molecular formula is C15H29Cl2N3O. The molecule has 1 aliphatic heterocycles. The first-order valence-electron chi connectivity index (χ1n) is 7.57. The largest absolute Gasteiger partial charge is 0.353 e. The van der Waals surface area contributed by atoms with Crippen molar-refractivity contribution in [3.63, 3.8) is 0 Å². The Morgan fingerprint density at radius 3 is 2.43 bits per heavy atom. The van der Waals surface area contributed by atoms with Gasteiger partial charge in [0.2, 0.25) is 5.91 Å². The molecule has 21 heavy (non-hydrogen) atoms. The van der Waals surface area contributed by atoms with Gasteiger partial charge in [0.25, 0.3) is 0 Å². The Hall–Kier alpha value is -0.290. The second-order valence-corrected chi connectivity index (χ2v) is 5.99. The van der Waals surface area contributed by atoms with Crippen molar-refractivity contribution in [3.8, 4) is 0 Å². The molecule has 0 radical (unpaired) electrons. The average Bonchev–Trinajstić information content (AvgIpc) is 2.78. The summed E-state index contributed by atoms with van der Waals surface area (Å²) in [6.07, 6.45) is 8.05. The maximum absolute atomic E-state index is 12.0. The molecule has 0 unspecified atom stereocenters. The summed E-state index contributed by atoms with van der Waals surface area (Å²) in [4.78, 5) is 14.4. The van der Waals surface area contributed by atoms with E-state index >= 15 is 0 Å². The van der Waals surface area contributed by atoms with Gasteiger partial charge in [0.1, 0.15) is 0 Å². The highest BCUT2D eigenvalue weighted by Crippen LogP contribution is 2.26. The predicted molar refractivity (Wildman–Crippen MR) is 92.2 cm³/mol. The van der Waals surface area contributed by atoms with Crippen LogP contribution in [0.25, 0.3) is 0 Å². The lowest BCUT2D eigenvalue weighted by Crippen LogP contribution is -2.45. The number of rotatable bonds is 5. The number of hydrogen-bond acceptors (Lipinski definition) is 3. The summed E-state index contributed by atoms with van der Waals surface area (Å²) in [5.74, 6) is 0.602. The molecule has 6 heteroatoms. The highest BCUT2D eigenvalue weighted by Gasteiger charge is 2.27. The van der Waals surface area contributed by atoms with E-state index in [1.165, 1.54) is 6.42 Å². The van der Waals surface area contributed by atoms with Gasteiger partial charge in [-0.25, -0.2) is 0 Å². The Morgan fingerprint density at radius 1 is 1.24 bits per heavy atom. The minimum atomic E-state index is 0. The van der Waals surface area contributed by atoms with Gasteiger partial charge >= 0.3 is 0 Å². The van der Waals surface area contributed by atoms with Crippen LogP contribution in [0.4, 0.5) is 0 Å². The molecule has 3 N–H and O–H groups in total. The van der Waals surface area contributed by atoms with Crippen LogP contribution in [0.2, 0.25) is 0 Å². The van der Waals surface area contributed by atoms with E-state index < -0.39 is 0 Å². The van der Waals surface area contributed by atoms with E-state index in [1.807, 2.05) is 6.08 Å². The van der Waals surface area contributed by atoms with Crippen molar-refractivity contribution in [2.45, 2.75) is 50.6 Å². The van der Waals surface area contributed by atoms with Crippen molar-refractivity contribution in [2.75, 3.05) is 19.6 Å². The van der Waals surface area contributed by atoms with Gasteiger partial charge in [-0.2, -0.15) is 0 Å². The molecule has 0 bridgehead atoms. The molecular weight excluding hydrogens is 309 g/mol. The lowest BCUT2D eigenvalue weighted by molar-refractivity contribution is -0.123. The fourth-order valence-electron chi connectivity index (χ4n) is 3.29. The third kappa shape index (κ3) is 6.55. The molecule has 2 aliphatic rings. The second kappa shape index (κ2) is 10.4. The van der Waals surface area contributed by atoms with Crippen molar-refractivity contribution in [3.05, 3.63) is 12.7 Å². The summed E-state index contributed by atoms with van der Waals surface area (Å²) in [6, 6.07) is 0.589. The second-order valence-electron chi connectivity index (χ2n) is 5.99. The van der Waals surface area contributed by atoms with Crippen LogP contribution in [0.1, 0.15) is 38.5 Å². The number of piperidine rings is 1. The monoisotopic (exact) mass is 337 g/mol. The molecule has 1 amide bonds. The minimum absolute atomic E-state index is 0. The van der Waals surface area contributed by atoms with E-state index in [2.05, 4.69) is 16.8 Å². The number of nitrogens with two attached hydrogens (primary N) is 1. The van der Waals surface area contributed by atoms with Gasteiger partial charge in [0, 0.05) is 38.1 Å². The maximum atomic E-state index is 12.0. The van der Waals surface area contributed by atoms with Crippen molar-refractivity contribution in [1.82, 2.24) is 10.2 Å². The van der Waals surface area contributed by atoms with Crippen LogP contribution in [0.15, 0.2) is 12.7 Å². The quantitative estimate of drug-likeness (QED) is 0.755. The summed E-state index contributed by atoms with van der Waals surface area (Å²) in [7, 11) is 0. The smallest absolute Gasteiger partial charge is 0.220 e. The van der Waals surface area contributed by atoms with Gasteiger partial charge in [-0.05, 0) is 31.6 Å². The predicted octanol–water partition coefficient (Wildman–Crippen LogP) is 2.11. The fraction of sp³-hybridized carbons (Fsp3) is 0.800. The minimum Gasteiger partial charge on any atom is -0.353 e. The van der Waals surface area contributed by atoms with E-state index in [0.717, 1.165) is 45.3 Å². The number of carbonyl (C=O) groups is 1. The van der Waals surface area contributed by atoms with Crippen molar-refractivity contribution in [2.24, 2.45) is 11.7 Å². The molecule has 1 saturated heterocycles. The Kier molecular flexibility index (Phi) is 10.3. The zero-order valence-corrected chi connectivity index (χ0v) is 14.3. The SMILES string of the molecule is C=CCN1CCC(NC(=O)C[C@@H]2CCC[C@H]2N)CC1.Cl.Cl. The fourth-order valence-corrected chi connectivity index (χ4v) is 3.29. The van der Waals surface area contributed by atoms with Crippen LogP contribution < -0.4 is 11.1 Å². The van der Waals surface area contributed by atoms with Crippen LogP contribution in [0.5, 0.6) is 0 Å². The third-order valence-electron chi connectivity index (χ3n) is 4.51. The van der Waals surface area contributed by atoms with Crippen LogP contribution in [-0.4, -0.2) is 42.5 Å². The lowest BCUT2D eigenvalue weighted by Gasteiger charge is -2.31. The molecule has 0 aromatic rings. The van der Waals surface area contributed by atoms with Crippen LogP contribution >= 0.6 is 24.8 Å². The summed E-state index contributed by atoms with van der Waals surface area (Å²) >= 11 is 0. The molecule has 4 nitrogen and oxygen atoms in total. The Balaban J connectivity index is 0.00000200. The van der Waals surface area contributed by atoms with Crippen molar-refractivity contribution < 1.29 is 4.79 Å². The first-order valence-corrected chi connectivity index (χ1v) is 7.57. The molecule has 1 aliphatic carbocycles. The first kappa shape index (κ1) is 20.7. The highest BCUT2D eigenvalue weighted by atomic mass is 35.5. The summed E-state index contributed by atoms with van der Waals surface area (Å²) in [6.45, 7) is 6.83. The zero-order chi connectivity index (χ0) is 13.7. The van der Waals surface area contributed by atoms with Crippen LogP contribution in [0.3, 0.4) is 0 Å². The van der Waals surface area contributed by atoms with E-state index in [-0.39, 0.29) is 36.8 Å². The van der Waals surface area contributed by atoms with Gasteiger partial charge in [-0.15, -0.1) is 31.4 Å². The van der Waals surface area contributed by atoms with E-state index in [4.69, 9.17) is 5.73 Å². The summed E-state index contributed by atoms with van der Waals surface area (Å²) in [5.41, 5.74) is 6.02. The summed E-state index contributed by atoms with van der Waals surface area (Å²) in [5, 5.41) is 3.18. The molecule has 2 atom stereocenters. The Bertz CT molecular complexity index is 320. The van der Waals surface area contributed by atoms with Crippen molar-refractivity contribution in [1.29, 1.82) is 0 Å². The maximum Gasteiger partial charge on any atom is 0.220 e. The van der Waals surface area contributed by atoms with Crippen LogP contribution in [0, 0.1) is 5.92 Å². The van der Waals surface area contributed by atoms with Crippen LogP contribution in [-0.2, 0) is 4.79 Å². The van der Waals surface area contributed by atoms with Gasteiger partial charge in [0.05, 0.1) is 0 Å². The van der Waals surface area contributed by atoms with E-state index in [1.54, 1.807) is 0 Å². The molecule has 0 spiro atoms. The number of amides is 1. The molecule has 124 valence electrons. The Labute approximate surface area is 140 Å². The average molecular weight is 338 g/mol.